The van der Waals surface area contributed by atoms with Crippen LogP contribution in [-0.4, -0.2) is 24.3 Å². The summed E-state index contributed by atoms with van der Waals surface area (Å²) < 4.78 is 19.9. The highest BCUT2D eigenvalue weighted by Gasteiger charge is 2.33. The van der Waals surface area contributed by atoms with Crippen molar-refractivity contribution < 1.29 is 19.0 Å². The number of carbonyl (C=O) groups excluding carboxylic acids is 1. The Morgan fingerprint density at radius 1 is 1.12 bits per heavy atom. The Morgan fingerprint density at radius 2 is 1.86 bits per heavy atom. The van der Waals surface area contributed by atoms with Crippen molar-refractivity contribution in [3.63, 3.8) is 0 Å². The molecule has 1 aliphatic rings. The Morgan fingerprint density at radius 3 is 2.53 bits per heavy atom. The molecule has 0 radical (unpaired) electrons. The number of hydrogen-bond donors (Lipinski definition) is 0. The van der Waals surface area contributed by atoms with E-state index in [-0.39, 0.29) is 18.8 Å². The summed E-state index contributed by atoms with van der Waals surface area (Å²) in [6.07, 6.45) is 1.74. The van der Waals surface area contributed by atoms with Gasteiger partial charge in [0.15, 0.2) is 16.3 Å². The fourth-order valence-corrected chi connectivity index (χ4v) is 6.74. The van der Waals surface area contributed by atoms with Crippen molar-refractivity contribution in [1.29, 1.82) is 0 Å². The first-order chi connectivity index (χ1) is 20.6. The number of rotatable bonds is 8. The quantitative estimate of drug-likeness (QED) is 0.190. The molecule has 4 aromatic rings. The molecule has 43 heavy (non-hydrogen) atoms. The van der Waals surface area contributed by atoms with Gasteiger partial charge in [0.1, 0.15) is 6.61 Å². The minimum Gasteiger partial charge on any atom is -0.493 e. The first-order valence-electron chi connectivity index (χ1n) is 13.3. The van der Waals surface area contributed by atoms with Crippen molar-refractivity contribution in [2.75, 3.05) is 13.7 Å². The Balaban J connectivity index is 1.66. The van der Waals surface area contributed by atoms with Crippen LogP contribution in [0.4, 0.5) is 0 Å². The zero-order valence-corrected chi connectivity index (χ0v) is 27.7. The predicted octanol–water partition coefficient (Wildman–Crippen LogP) is 6.76. The molecular weight excluding hydrogens is 675 g/mol. The number of allylic oxidation sites excluding steroid dienone is 1. The second kappa shape index (κ2) is 13.1. The molecule has 1 aliphatic heterocycles. The van der Waals surface area contributed by atoms with E-state index in [9.17, 15) is 9.59 Å². The lowest BCUT2D eigenvalue weighted by Gasteiger charge is -2.24. The van der Waals surface area contributed by atoms with Gasteiger partial charge in [-0.15, -0.1) is 0 Å². The van der Waals surface area contributed by atoms with E-state index < -0.39 is 12.0 Å². The number of ether oxygens (including phenoxy) is 3. The molecule has 0 amide bonds. The number of nitrogens with zero attached hydrogens (tertiary/aromatic N) is 2. The van der Waals surface area contributed by atoms with Crippen LogP contribution in [0.5, 0.6) is 11.5 Å². The van der Waals surface area contributed by atoms with Gasteiger partial charge in [-0.3, -0.25) is 9.36 Å². The van der Waals surface area contributed by atoms with Gasteiger partial charge in [-0.2, -0.15) is 0 Å². The van der Waals surface area contributed by atoms with Crippen molar-refractivity contribution in [2.45, 2.75) is 33.4 Å². The molecule has 0 saturated heterocycles. The molecular formula is C32H27BrCl2N2O5S. The number of aromatic nitrogens is 1. The summed E-state index contributed by atoms with van der Waals surface area (Å²) in [5.74, 6) is 0.398. The van der Waals surface area contributed by atoms with E-state index in [0.29, 0.717) is 47.7 Å². The van der Waals surface area contributed by atoms with E-state index in [4.69, 9.17) is 37.4 Å². The van der Waals surface area contributed by atoms with Gasteiger partial charge in [-0.25, -0.2) is 9.79 Å². The Bertz CT molecular complexity index is 1930. The highest BCUT2D eigenvalue weighted by molar-refractivity contribution is 9.10. The highest BCUT2D eigenvalue weighted by atomic mass is 79.9. The van der Waals surface area contributed by atoms with Gasteiger partial charge in [-0.1, -0.05) is 86.4 Å². The van der Waals surface area contributed by atoms with E-state index in [2.05, 4.69) is 20.9 Å². The fourth-order valence-electron chi connectivity index (χ4n) is 4.79. The number of esters is 1. The topological polar surface area (TPSA) is 79.1 Å². The van der Waals surface area contributed by atoms with Gasteiger partial charge in [0, 0.05) is 25.6 Å². The lowest BCUT2D eigenvalue weighted by molar-refractivity contribution is -0.139. The molecule has 3 aromatic carbocycles. The Hall–Kier alpha value is -3.37. The molecule has 1 atom stereocenters. The molecule has 5 rings (SSSR count). The van der Waals surface area contributed by atoms with Crippen molar-refractivity contribution in [1.82, 2.24) is 4.57 Å². The molecule has 0 spiro atoms. The summed E-state index contributed by atoms with van der Waals surface area (Å²) in [7, 11) is 1.54. The zero-order valence-electron chi connectivity index (χ0n) is 23.7. The average molecular weight is 702 g/mol. The van der Waals surface area contributed by atoms with Crippen LogP contribution in [0.15, 0.2) is 80.1 Å². The second-order valence-electron chi connectivity index (χ2n) is 9.76. The molecule has 0 fully saturated rings. The summed E-state index contributed by atoms with van der Waals surface area (Å²) in [6.45, 7) is 5.84. The molecule has 7 nitrogen and oxygen atoms in total. The van der Waals surface area contributed by atoms with E-state index in [1.165, 1.54) is 11.3 Å². The van der Waals surface area contributed by atoms with E-state index >= 15 is 0 Å². The Kier molecular flexibility index (Phi) is 9.46. The first-order valence-corrected chi connectivity index (χ1v) is 15.7. The van der Waals surface area contributed by atoms with Crippen LogP contribution in [0.25, 0.3) is 6.08 Å². The summed E-state index contributed by atoms with van der Waals surface area (Å²) in [4.78, 5) is 32.4. The van der Waals surface area contributed by atoms with Crippen LogP contribution in [0.1, 0.15) is 42.1 Å². The van der Waals surface area contributed by atoms with Crippen LogP contribution in [0.2, 0.25) is 10.0 Å². The number of halogens is 3. The summed E-state index contributed by atoms with van der Waals surface area (Å²) in [5.41, 5.74) is 3.72. The number of carbonyl (C=O) groups is 1. The number of thiazole rings is 1. The van der Waals surface area contributed by atoms with Crippen LogP contribution in [0, 0.1) is 6.92 Å². The maximum absolute atomic E-state index is 14.1. The third-order valence-corrected chi connectivity index (χ3v) is 8.88. The Labute approximate surface area is 270 Å². The summed E-state index contributed by atoms with van der Waals surface area (Å²) >= 11 is 17.2. The molecule has 0 aliphatic carbocycles. The molecule has 2 heterocycles. The zero-order chi connectivity index (χ0) is 30.8. The SMILES string of the molecule is CCOC(=O)C1=C(C)N=c2s/c(=C\c3cc(Br)cc(OC)c3OCc3ccc(Cl)cc3Cl)c(=O)n2[C@@H]1c1ccc(C)cc1. The minimum atomic E-state index is -0.696. The molecule has 0 N–H and O–H groups in total. The molecule has 1 aromatic heterocycles. The van der Waals surface area contributed by atoms with E-state index in [1.54, 1.807) is 55.9 Å². The van der Waals surface area contributed by atoms with Crippen LogP contribution in [-0.2, 0) is 16.1 Å². The van der Waals surface area contributed by atoms with Crippen LogP contribution < -0.4 is 24.4 Å². The normalized spacial score (nSPS) is 14.8. The largest absolute Gasteiger partial charge is 0.493 e. The first kappa shape index (κ1) is 31.1. The van der Waals surface area contributed by atoms with Gasteiger partial charge in [-0.05, 0) is 56.7 Å². The van der Waals surface area contributed by atoms with Gasteiger partial charge in [0.25, 0.3) is 5.56 Å². The van der Waals surface area contributed by atoms with E-state index in [0.717, 1.165) is 21.2 Å². The number of aryl methyl sites for hydroxylation is 1. The van der Waals surface area contributed by atoms with Crippen molar-refractivity contribution >= 4 is 62.5 Å². The standard InChI is InChI=1S/C32H27BrCl2N2O5S/c1-5-41-31(39)27-18(3)36-32-37(28(27)19-8-6-17(2)7-9-19)30(38)26(43-32)13-21-12-22(33)14-25(40-4)29(21)42-16-20-10-11-23(34)15-24(20)35/h6-15,28H,5,16H2,1-4H3/b26-13-/t28-/m1/s1. The van der Waals surface area contributed by atoms with E-state index in [1.807, 2.05) is 37.3 Å². The number of fused-ring (bicyclic) bond motifs is 1. The predicted molar refractivity (Wildman–Crippen MR) is 173 cm³/mol. The maximum Gasteiger partial charge on any atom is 0.338 e. The average Bonchev–Trinajstić information content (AvgIpc) is 3.26. The van der Waals surface area contributed by atoms with Crippen molar-refractivity contribution in [3.8, 4) is 11.5 Å². The number of hydrogen-bond acceptors (Lipinski definition) is 7. The lowest BCUT2D eigenvalue weighted by Crippen LogP contribution is -2.39. The monoisotopic (exact) mass is 700 g/mol. The molecule has 11 heteroatoms. The molecule has 222 valence electrons. The molecule has 0 unspecified atom stereocenters. The van der Waals surface area contributed by atoms with Gasteiger partial charge in [0.05, 0.1) is 35.6 Å². The van der Waals surface area contributed by atoms with Gasteiger partial charge >= 0.3 is 5.97 Å². The lowest BCUT2D eigenvalue weighted by atomic mass is 9.95. The minimum absolute atomic E-state index is 0.144. The fraction of sp³-hybridized carbons (Fsp3) is 0.219. The van der Waals surface area contributed by atoms with Crippen molar-refractivity contribution in [3.05, 3.63) is 122 Å². The van der Waals surface area contributed by atoms with Gasteiger partial charge in [0.2, 0.25) is 0 Å². The number of benzene rings is 3. The third kappa shape index (κ3) is 6.45. The molecule has 0 saturated carbocycles. The maximum atomic E-state index is 14.1. The van der Waals surface area contributed by atoms with Crippen LogP contribution >= 0.6 is 50.5 Å². The highest BCUT2D eigenvalue weighted by Crippen LogP contribution is 2.37. The van der Waals surface area contributed by atoms with Gasteiger partial charge < -0.3 is 14.2 Å². The summed E-state index contributed by atoms with van der Waals surface area (Å²) in [6, 6.07) is 15.9. The second-order valence-corrected chi connectivity index (χ2v) is 12.5. The van der Waals surface area contributed by atoms with Crippen LogP contribution in [0.3, 0.4) is 0 Å². The number of methoxy groups -OCH3 is 1. The smallest absolute Gasteiger partial charge is 0.338 e. The molecule has 0 bridgehead atoms. The summed E-state index contributed by atoms with van der Waals surface area (Å²) in [5, 5.41) is 0.999. The van der Waals surface area contributed by atoms with Crippen molar-refractivity contribution in [2.24, 2.45) is 4.99 Å². The third-order valence-electron chi connectivity index (χ3n) is 6.85.